The Morgan fingerprint density at radius 3 is 3.18 bits per heavy atom. The lowest BCUT2D eigenvalue weighted by atomic mass is 10.2. The molecule has 0 atom stereocenters. The number of fused-ring (bicyclic) bond motifs is 1. The van der Waals surface area contributed by atoms with E-state index in [0.29, 0.717) is 0 Å². The number of aromatic nitrogens is 1. The van der Waals surface area contributed by atoms with Crippen LogP contribution in [-0.4, -0.2) is 16.7 Å². The average molecular weight is 147 g/mol. The van der Waals surface area contributed by atoms with Crippen LogP contribution in [0, 0.1) is 0 Å². The van der Waals surface area contributed by atoms with E-state index in [-0.39, 0.29) is 6.61 Å². The van der Waals surface area contributed by atoms with E-state index in [1.54, 1.807) is 6.20 Å². The van der Waals surface area contributed by atoms with Crippen molar-refractivity contribution in [1.29, 1.82) is 0 Å². The molecule has 2 nitrogen and oxygen atoms in total. The molecule has 0 amide bonds. The van der Waals surface area contributed by atoms with Gasteiger partial charge in [0.15, 0.2) is 0 Å². The molecule has 0 unspecified atom stereocenters. The number of pyridine rings is 1. The van der Waals surface area contributed by atoms with E-state index >= 15 is 0 Å². The van der Waals surface area contributed by atoms with E-state index in [0.717, 1.165) is 23.3 Å². The normalized spacial score (nSPS) is 14.5. The summed E-state index contributed by atoms with van der Waals surface area (Å²) in [4.78, 5) is 4.19. The van der Waals surface area contributed by atoms with Crippen LogP contribution in [0.4, 0.5) is 0 Å². The van der Waals surface area contributed by atoms with Crippen molar-refractivity contribution < 1.29 is 5.11 Å². The molecular weight excluding hydrogens is 138 g/mol. The van der Waals surface area contributed by atoms with Crippen LogP contribution in [0.5, 0.6) is 0 Å². The van der Waals surface area contributed by atoms with Gasteiger partial charge in [0.05, 0.1) is 12.3 Å². The Bertz CT molecular complexity index is 304. The Morgan fingerprint density at radius 2 is 2.45 bits per heavy atom. The summed E-state index contributed by atoms with van der Waals surface area (Å²) in [6.07, 6.45) is 4.60. The lowest BCUT2D eigenvalue weighted by molar-refractivity contribution is 0.330. The second-order valence-corrected chi connectivity index (χ2v) is 2.68. The summed E-state index contributed by atoms with van der Waals surface area (Å²) in [5.74, 6) is 0. The fraction of sp³-hybridized carbons (Fsp3) is 0.222. The van der Waals surface area contributed by atoms with E-state index in [9.17, 15) is 0 Å². The molecule has 11 heavy (non-hydrogen) atoms. The number of aliphatic hydroxyl groups is 1. The second-order valence-electron chi connectivity index (χ2n) is 2.68. The lowest BCUT2D eigenvalue weighted by Gasteiger charge is -1.94. The van der Waals surface area contributed by atoms with E-state index in [1.165, 1.54) is 0 Å². The number of rotatable bonds is 1. The summed E-state index contributed by atoms with van der Waals surface area (Å²) < 4.78 is 0. The first kappa shape index (κ1) is 6.55. The van der Waals surface area contributed by atoms with Gasteiger partial charge in [0.25, 0.3) is 0 Å². The van der Waals surface area contributed by atoms with Gasteiger partial charge in [-0.25, -0.2) is 0 Å². The predicted molar refractivity (Wildman–Crippen MR) is 43.0 cm³/mol. The molecule has 1 heterocycles. The van der Waals surface area contributed by atoms with Gasteiger partial charge in [-0.15, -0.1) is 0 Å². The smallest absolute Gasteiger partial charge is 0.0648 e. The number of hydrogen-bond donors (Lipinski definition) is 1. The predicted octanol–water partition coefficient (Wildman–Crippen LogP) is 1.01. The highest BCUT2D eigenvalue weighted by atomic mass is 16.3. The van der Waals surface area contributed by atoms with Crippen molar-refractivity contribution >= 4 is 6.08 Å². The first-order chi connectivity index (χ1) is 5.40. The molecule has 1 aliphatic rings. The largest absolute Gasteiger partial charge is 0.392 e. The van der Waals surface area contributed by atoms with Crippen molar-refractivity contribution in [3.63, 3.8) is 0 Å². The fourth-order valence-electron chi connectivity index (χ4n) is 1.32. The zero-order valence-electron chi connectivity index (χ0n) is 6.12. The summed E-state index contributed by atoms with van der Waals surface area (Å²) >= 11 is 0. The minimum Gasteiger partial charge on any atom is -0.392 e. The molecule has 2 rings (SSSR count). The molecule has 1 N–H and O–H groups in total. The minimum atomic E-state index is 0.149. The van der Waals surface area contributed by atoms with E-state index in [2.05, 4.69) is 4.98 Å². The lowest BCUT2D eigenvalue weighted by Crippen LogP contribution is -1.91. The first-order valence-electron chi connectivity index (χ1n) is 3.64. The summed E-state index contributed by atoms with van der Waals surface area (Å²) in [6.45, 7) is 0.149. The quantitative estimate of drug-likeness (QED) is 0.643. The second kappa shape index (κ2) is 2.47. The van der Waals surface area contributed by atoms with Gasteiger partial charge in [-0.05, 0) is 17.2 Å². The van der Waals surface area contributed by atoms with Crippen LogP contribution in [0.15, 0.2) is 23.9 Å². The van der Waals surface area contributed by atoms with Gasteiger partial charge >= 0.3 is 0 Å². The molecule has 0 radical (unpaired) electrons. The van der Waals surface area contributed by atoms with Gasteiger partial charge in [-0.3, -0.25) is 4.98 Å². The molecule has 1 aromatic rings. The van der Waals surface area contributed by atoms with E-state index in [1.807, 2.05) is 18.2 Å². The Balaban J connectivity index is 2.39. The van der Waals surface area contributed by atoms with Crippen molar-refractivity contribution in [3.05, 3.63) is 35.2 Å². The molecular formula is C9H9NO. The topological polar surface area (TPSA) is 33.1 Å². The molecule has 0 spiro atoms. The Labute approximate surface area is 65.2 Å². The minimum absolute atomic E-state index is 0.149. The van der Waals surface area contributed by atoms with Crippen molar-refractivity contribution in [2.45, 2.75) is 6.42 Å². The molecule has 56 valence electrons. The highest BCUT2D eigenvalue weighted by Crippen LogP contribution is 2.21. The molecule has 0 fully saturated rings. The zero-order valence-corrected chi connectivity index (χ0v) is 6.12. The molecule has 1 aliphatic carbocycles. The summed E-state index contributed by atoms with van der Waals surface area (Å²) in [6, 6.07) is 3.93. The number of hydrogen-bond acceptors (Lipinski definition) is 2. The number of nitrogens with zero attached hydrogens (tertiary/aromatic N) is 1. The van der Waals surface area contributed by atoms with Crippen LogP contribution in [0.25, 0.3) is 6.08 Å². The van der Waals surface area contributed by atoms with E-state index < -0.39 is 0 Å². The Hall–Kier alpha value is -1.15. The molecule has 2 heteroatoms. The molecule has 0 saturated heterocycles. The van der Waals surface area contributed by atoms with Gasteiger partial charge in [0.1, 0.15) is 0 Å². The van der Waals surface area contributed by atoms with Crippen molar-refractivity contribution in [3.8, 4) is 0 Å². The highest BCUT2D eigenvalue weighted by molar-refractivity contribution is 5.61. The maximum absolute atomic E-state index is 8.84. The van der Waals surface area contributed by atoms with Gasteiger partial charge in [0.2, 0.25) is 0 Å². The van der Waals surface area contributed by atoms with Gasteiger partial charge in [-0.2, -0.15) is 0 Å². The third kappa shape index (κ3) is 1.05. The summed E-state index contributed by atoms with van der Waals surface area (Å²) in [5, 5.41) is 8.84. The van der Waals surface area contributed by atoms with Crippen LogP contribution in [-0.2, 0) is 6.42 Å². The molecule has 0 aromatic carbocycles. The van der Waals surface area contributed by atoms with Crippen molar-refractivity contribution in [2.75, 3.05) is 6.61 Å². The van der Waals surface area contributed by atoms with Crippen molar-refractivity contribution in [1.82, 2.24) is 4.98 Å². The van der Waals surface area contributed by atoms with Crippen LogP contribution in [0.3, 0.4) is 0 Å². The first-order valence-corrected chi connectivity index (χ1v) is 3.64. The summed E-state index contributed by atoms with van der Waals surface area (Å²) in [5.41, 5.74) is 3.28. The van der Waals surface area contributed by atoms with Crippen LogP contribution < -0.4 is 0 Å². The van der Waals surface area contributed by atoms with Gasteiger partial charge in [0, 0.05) is 12.6 Å². The maximum Gasteiger partial charge on any atom is 0.0648 e. The molecule has 0 aliphatic heterocycles. The standard InChI is InChI=1S/C9H9NO/c11-6-7-4-8-2-1-3-10-9(8)5-7/h1-4,11H,5-6H2. The monoisotopic (exact) mass is 147 g/mol. The van der Waals surface area contributed by atoms with Crippen LogP contribution in [0.1, 0.15) is 11.3 Å². The van der Waals surface area contributed by atoms with Gasteiger partial charge < -0.3 is 5.11 Å². The molecule has 1 aromatic heterocycles. The third-order valence-electron chi connectivity index (χ3n) is 1.88. The maximum atomic E-state index is 8.84. The summed E-state index contributed by atoms with van der Waals surface area (Å²) in [7, 11) is 0. The van der Waals surface area contributed by atoms with Crippen LogP contribution in [0.2, 0.25) is 0 Å². The Kier molecular flexibility index (Phi) is 1.47. The molecule has 0 saturated carbocycles. The van der Waals surface area contributed by atoms with Crippen LogP contribution >= 0.6 is 0 Å². The third-order valence-corrected chi connectivity index (χ3v) is 1.88. The fourth-order valence-corrected chi connectivity index (χ4v) is 1.32. The Morgan fingerprint density at radius 1 is 1.55 bits per heavy atom. The van der Waals surface area contributed by atoms with Crippen molar-refractivity contribution in [2.24, 2.45) is 0 Å². The number of aliphatic hydroxyl groups excluding tert-OH is 1. The van der Waals surface area contributed by atoms with Gasteiger partial charge in [-0.1, -0.05) is 12.1 Å². The SMILES string of the molecule is OCC1=Cc2cccnc2C1. The highest BCUT2D eigenvalue weighted by Gasteiger charge is 2.11. The van der Waals surface area contributed by atoms with E-state index in [4.69, 9.17) is 5.11 Å². The zero-order chi connectivity index (χ0) is 7.68. The average Bonchev–Trinajstić information content (AvgIpc) is 2.46. The molecule has 0 bridgehead atoms.